The zero-order chi connectivity index (χ0) is 13.8. The van der Waals surface area contributed by atoms with Crippen molar-refractivity contribution >= 4 is 27.5 Å². The maximum atomic E-state index is 6.30. The van der Waals surface area contributed by atoms with Crippen LogP contribution in [0.4, 0.5) is 0 Å². The number of hydrogen-bond acceptors (Lipinski definition) is 2. The molecule has 0 aliphatic carbocycles. The van der Waals surface area contributed by atoms with Gasteiger partial charge in [-0.15, -0.1) is 0 Å². The average Bonchev–Trinajstić information content (AvgIpc) is 2.44. The minimum Gasteiger partial charge on any atom is -0.497 e. The van der Waals surface area contributed by atoms with Crippen LogP contribution in [-0.4, -0.2) is 14.2 Å². The van der Waals surface area contributed by atoms with E-state index in [1.807, 2.05) is 43.4 Å². The maximum absolute atomic E-state index is 6.30. The fraction of sp³-hybridized carbons (Fsp3) is 0.200. The molecule has 0 aliphatic heterocycles. The standard InChI is InChI=1S/C15H15BrClNO/c1-18-15(10-4-3-5-12(8-10)19-2)13-9-11(16)6-7-14(13)17/h3-9,15,18H,1-2H3. The van der Waals surface area contributed by atoms with Gasteiger partial charge in [0, 0.05) is 9.50 Å². The molecule has 0 bridgehead atoms. The van der Waals surface area contributed by atoms with E-state index in [1.165, 1.54) is 0 Å². The molecular formula is C15H15BrClNO. The molecule has 4 heteroatoms. The molecule has 0 amide bonds. The van der Waals surface area contributed by atoms with E-state index in [0.29, 0.717) is 0 Å². The number of benzene rings is 2. The fourth-order valence-corrected chi connectivity index (χ4v) is 2.66. The Kier molecular flexibility index (Phi) is 4.86. The first-order chi connectivity index (χ1) is 9.15. The summed E-state index contributed by atoms with van der Waals surface area (Å²) in [4.78, 5) is 0. The Morgan fingerprint density at radius 3 is 2.68 bits per heavy atom. The van der Waals surface area contributed by atoms with Crippen molar-refractivity contribution in [2.24, 2.45) is 0 Å². The lowest BCUT2D eigenvalue weighted by atomic mass is 9.98. The van der Waals surface area contributed by atoms with Crippen molar-refractivity contribution in [3.05, 3.63) is 63.1 Å². The predicted octanol–water partition coefficient (Wildman–Crippen LogP) is 4.42. The van der Waals surface area contributed by atoms with Crippen molar-refractivity contribution in [2.75, 3.05) is 14.2 Å². The van der Waals surface area contributed by atoms with Crippen LogP contribution in [0, 0.1) is 0 Å². The van der Waals surface area contributed by atoms with Crippen LogP contribution in [0.5, 0.6) is 5.75 Å². The van der Waals surface area contributed by atoms with E-state index in [9.17, 15) is 0 Å². The molecule has 0 spiro atoms. The number of methoxy groups -OCH3 is 1. The van der Waals surface area contributed by atoms with Gasteiger partial charge in [-0.25, -0.2) is 0 Å². The molecule has 100 valence electrons. The Balaban J connectivity index is 2.46. The molecule has 2 aromatic rings. The van der Waals surface area contributed by atoms with Gasteiger partial charge < -0.3 is 10.1 Å². The molecule has 2 aromatic carbocycles. The summed E-state index contributed by atoms with van der Waals surface area (Å²) in [6.45, 7) is 0. The Morgan fingerprint density at radius 2 is 2.00 bits per heavy atom. The molecule has 0 saturated carbocycles. The van der Waals surface area contributed by atoms with Gasteiger partial charge in [0.15, 0.2) is 0 Å². The van der Waals surface area contributed by atoms with E-state index < -0.39 is 0 Å². The zero-order valence-electron chi connectivity index (χ0n) is 10.8. The lowest BCUT2D eigenvalue weighted by molar-refractivity contribution is 0.414. The highest BCUT2D eigenvalue weighted by molar-refractivity contribution is 9.10. The molecule has 0 heterocycles. The fourth-order valence-electron chi connectivity index (χ4n) is 2.06. The van der Waals surface area contributed by atoms with E-state index in [1.54, 1.807) is 7.11 Å². The smallest absolute Gasteiger partial charge is 0.119 e. The van der Waals surface area contributed by atoms with Gasteiger partial charge in [0.05, 0.1) is 13.2 Å². The summed E-state index contributed by atoms with van der Waals surface area (Å²) in [7, 11) is 3.58. The van der Waals surface area contributed by atoms with Gasteiger partial charge in [-0.05, 0) is 48.5 Å². The van der Waals surface area contributed by atoms with Gasteiger partial charge in [-0.1, -0.05) is 39.7 Å². The second kappa shape index (κ2) is 6.42. The lowest BCUT2D eigenvalue weighted by Crippen LogP contribution is -2.18. The van der Waals surface area contributed by atoms with E-state index in [4.69, 9.17) is 16.3 Å². The van der Waals surface area contributed by atoms with Gasteiger partial charge in [0.25, 0.3) is 0 Å². The summed E-state index contributed by atoms with van der Waals surface area (Å²) in [5.74, 6) is 0.837. The van der Waals surface area contributed by atoms with Crippen LogP contribution in [-0.2, 0) is 0 Å². The molecule has 0 aromatic heterocycles. The van der Waals surface area contributed by atoms with Crippen molar-refractivity contribution in [2.45, 2.75) is 6.04 Å². The van der Waals surface area contributed by atoms with Crippen molar-refractivity contribution in [1.29, 1.82) is 0 Å². The third-order valence-electron chi connectivity index (χ3n) is 2.98. The minimum absolute atomic E-state index is 0.0279. The highest BCUT2D eigenvalue weighted by Crippen LogP contribution is 2.31. The number of ether oxygens (including phenoxy) is 1. The molecule has 0 radical (unpaired) electrons. The summed E-state index contributed by atoms with van der Waals surface area (Å²) in [6.07, 6.45) is 0. The van der Waals surface area contributed by atoms with Gasteiger partial charge in [-0.3, -0.25) is 0 Å². The third-order valence-corrected chi connectivity index (χ3v) is 3.82. The second-order valence-electron chi connectivity index (χ2n) is 4.16. The van der Waals surface area contributed by atoms with Crippen molar-refractivity contribution in [3.63, 3.8) is 0 Å². The van der Waals surface area contributed by atoms with Crippen LogP contribution in [0.2, 0.25) is 5.02 Å². The van der Waals surface area contributed by atoms with E-state index in [0.717, 1.165) is 26.4 Å². The summed E-state index contributed by atoms with van der Waals surface area (Å²) < 4.78 is 6.28. The zero-order valence-corrected chi connectivity index (χ0v) is 13.1. The number of rotatable bonds is 4. The lowest BCUT2D eigenvalue weighted by Gasteiger charge is -2.19. The quantitative estimate of drug-likeness (QED) is 0.889. The number of halogens is 2. The van der Waals surface area contributed by atoms with Crippen molar-refractivity contribution in [3.8, 4) is 5.75 Å². The maximum Gasteiger partial charge on any atom is 0.119 e. The first kappa shape index (κ1) is 14.4. The Labute approximate surface area is 126 Å². The van der Waals surface area contributed by atoms with Crippen LogP contribution in [0.1, 0.15) is 17.2 Å². The van der Waals surface area contributed by atoms with Crippen LogP contribution >= 0.6 is 27.5 Å². The Morgan fingerprint density at radius 1 is 1.21 bits per heavy atom. The van der Waals surface area contributed by atoms with E-state index >= 15 is 0 Å². The highest BCUT2D eigenvalue weighted by Gasteiger charge is 2.16. The normalized spacial score (nSPS) is 12.2. The Hall–Kier alpha value is -1.03. The summed E-state index contributed by atoms with van der Waals surface area (Å²) in [5.41, 5.74) is 2.15. The topological polar surface area (TPSA) is 21.3 Å². The monoisotopic (exact) mass is 339 g/mol. The second-order valence-corrected chi connectivity index (χ2v) is 5.49. The minimum atomic E-state index is 0.0279. The SMILES string of the molecule is CNC(c1cccc(OC)c1)c1cc(Br)ccc1Cl. The summed E-state index contributed by atoms with van der Waals surface area (Å²) in [6, 6.07) is 13.9. The first-order valence-electron chi connectivity index (χ1n) is 5.92. The highest BCUT2D eigenvalue weighted by atomic mass is 79.9. The van der Waals surface area contributed by atoms with Gasteiger partial charge >= 0.3 is 0 Å². The first-order valence-corrected chi connectivity index (χ1v) is 7.09. The predicted molar refractivity (Wildman–Crippen MR) is 83.0 cm³/mol. The molecule has 19 heavy (non-hydrogen) atoms. The number of nitrogens with one attached hydrogen (secondary N) is 1. The molecule has 0 aliphatic rings. The molecule has 1 atom stereocenters. The van der Waals surface area contributed by atoms with Crippen molar-refractivity contribution in [1.82, 2.24) is 5.32 Å². The van der Waals surface area contributed by atoms with Crippen LogP contribution in [0.25, 0.3) is 0 Å². The van der Waals surface area contributed by atoms with Gasteiger partial charge in [0.2, 0.25) is 0 Å². The molecule has 2 nitrogen and oxygen atoms in total. The van der Waals surface area contributed by atoms with Crippen LogP contribution in [0.3, 0.4) is 0 Å². The van der Waals surface area contributed by atoms with E-state index in [2.05, 4.69) is 27.3 Å². The third kappa shape index (κ3) is 3.30. The van der Waals surface area contributed by atoms with Gasteiger partial charge in [0.1, 0.15) is 5.75 Å². The molecule has 0 saturated heterocycles. The van der Waals surface area contributed by atoms with Gasteiger partial charge in [-0.2, -0.15) is 0 Å². The molecular weight excluding hydrogens is 326 g/mol. The molecule has 1 N–H and O–H groups in total. The summed E-state index contributed by atoms with van der Waals surface area (Å²) in [5, 5.41) is 4.03. The average molecular weight is 341 g/mol. The Bertz CT molecular complexity index is 574. The molecule has 1 unspecified atom stereocenters. The number of hydrogen-bond donors (Lipinski definition) is 1. The van der Waals surface area contributed by atoms with Crippen molar-refractivity contribution < 1.29 is 4.74 Å². The molecule has 2 rings (SSSR count). The van der Waals surface area contributed by atoms with Crippen LogP contribution in [0.15, 0.2) is 46.9 Å². The largest absolute Gasteiger partial charge is 0.497 e. The van der Waals surface area contributed by atoms with E-state index in [-0.39, 0.29) is 6.04 Å². The molecule has 0 fully saturated rings. The van der Waals surface area contributed by atoms with Crippen LogP contribution < -0.4 is 10.1 Å². The summed E-state index contributed by atoms with van der Waals surface area (Å²) >= 11 is 9.78.